The van der Waals surface area contributed by atoms with Crippen LogP contribution in [0.2, 0.25) is 10.0 Å². The monoisotopic (exact) mass is 390 g/mol. The summed E-state index contributed by atoms with van der Waals surface area (Å²) in [7, 11) is 0. The van der Waals surface area contributed by atoms with Crippen LogP contribution < -0.4 is 0 Å². The standard InChI is InChI=1S/C14H9BrCl2O2S/c15-10-3-2-9(16)7-12(10)20-13-5-8(6-14(18)19)1-4-11(13)17/h1-5,7H,6H2,(H,18,19). The van der Waals surface area contributed by atoms with Crippen molar-refractivity contribution >= 4 is 56.9 Å². The summed E-state index contributed by atoms with van der Waals surface area (Å²) in [4.78, 5) is 12.5. The number of hydrogen-bond donors (Lipinski definition) is 1. The Bertz CT molecular complexity index is 662. The highest BCUT2D eigenvalue weighted by Gasteiger charge is 2.09. The lowest BCUT2D eigenvalue weighted by Gasteiger charge is -2.08. The second-order valence-electron chi connectivity index (χ2n) is 4.01. The van der Waals surface area contributed by atoms with Crippen molar-refractivity contribution in [1.82, 2.24) is 0 Å². The zero-order valence-corrected chi connectivity index (χ0v) is 14.0. The SMILES string of the molecule is O=C(O)Cc1ccc(Cl)c(Sc2cc(Cl)ccc2Br)c1. The van der Waals surface area contributed by atoms with E-state index < -0.39 is 5.97 Å². The molecule has 0 atom stereocenters. The number of carboxylic acid groups (broad SMARTS) is 1. The summed E-state index contributed by atoms with van der Waals surface area (Å²) < 4.78 is 0.909. The molecule has 0 aliphatic rings. The smallest absolute Gasteiger partial charge is 0.307 e. The minimum absolute atomic E-state index is 0.0263. The third-order valence-corrected chi connectivity index (χ3v) is 5.21. The van der Waals surface area contributed by atoms with E-state index in [1.807, 2.05) is 12.1 Å². The normalized spacial score (nSPS) is 10.6. The number of hydrogen-bond acceptors (Lipinski definition) is 2. The highest BCUT2D eigenvalue weighted by atomic mass is 79.9. The highest BCUT2D eigenvalue weighted by Crippen LogP contribution is 2.38. The number of rotatable bonds is 4. The Kier molecular flexibility index (Phi) is 5.38. The van der Waals surface area contributed by atoms with Gasteiger partial charge in [-0.25, -0.2) is 0 Å². The van der Waals surface area contributed by atoms with Crippen LogP contribution in [-0.4, -0.2) is 11.1 Å². The Balaban J connectivity index is 2.32. The van der Waals surface area contributed by atoms with Gasteiger partial charge in [-0.2, -0.15) is 0 Å². The van der Waals surface area contributed by atoms with Crippen LogP contribution in [-0.2, 0) is 11.2 Å². The third kappa shape index (κ3) is 4.16. The first-order chi connectivity index (χ1) is 9.45. The van der Waals surface area contributed by atoms with Gasteiger partial charge in [0, 0.05) is 19.3 Å². The second-order valence-corrected chi connectivity index (χ2v) is 6.79. The summed E-state index contributed by atoms with van der Waals surface area (Å²) in [5, 5.41) is 10.0. The van der Waals surface area contributed by atoms with Gasteiger partial charge in [-0.15, -0.1) is 0 Å². The van der Waals surface area contributed by atoms with E-state index in [1.165, 1.54) is 11.8 Å². The molecule has 0 bridgehead atoms. The number of benzene rings is 2. The molecule has 1 N–H and O–H groups in total. The van der Waals surface area contributed by atoms with Gasteiger partial charge in [-0.1, -0.05) is 41.0 Å². The molecule has 2 aromatic carbocycles. The molecule has 0 aromatic heterocycles. The summed E-state index contributed by atoms with van der Waals surface area (Å²) in [6.45, 7) is 0. The number of carbonyl (C=O) groups is 1. The third-order valence-electron chi connectivity index (χ3n) is 2.46. The van der Waals surface area contributed by atoms with Crippen LogP contribution in [0.5, 0.6) is 0 Å². The average molecular weight is 392 g/mol. The zero-order chi connectivity index (χ0) is 14.7. The van der Waals surface area contributed by atoms with Gasteiger partial charge < -0.3 is 5.11 Å². The molecule has 0 amide bonds. The number of halogens is 3. The number of aliphatic carboxylic acids is 1. The molecule has 20 heavy (non-hydrogen) atoms. The Morgan fingerprint density at radius 2 is 1.90 bits per heavy atom. The van der Waals surface area contributed by atoms with Gasteiger partial charge in [0.05, 0.1) is 11.4 Å². The van der Waals surface area contributed by atoms with Gasteiger partial charge in [-0.3, -0.25) is 4.79 Å². The van der Waals surface area contributed by atoms with E-state index in [4.69, 9.17) is 28.3 Å². The van der Waals surface area contributed by atoms with E-state index >= 15 is 0 Å². The maximum atomic E-state index is 10.8. The predicted octanol–water partition coefficient (Wildman–Crippen LogP) is 5.53. The molecule has 0 heterocycles. The topological polar surface area (TPSA) is 37.3 Å². The Morgan fingerprint density at radius 1 is 1.15 bits per heavy atom. The van der Waals surface area contributed by atoms with Crippen LogP contribution in [0.15, 0.2) is 50.7 Å². The van der Waals surface area contributed by atoms with Gasteiger partial charge in [0.15, 0.2) is 0 Å². The van der Waals surface area contributed by atoms with Crippen LogP contribution in [0, 0.1) is 0 Å². The first kappa shape index (κ1) is 15.7. The fourth-order valence-electron chi connectivity index (χ4n) is 1.58. The summed E-state index contributed by atoms with van der Waals surface area (Å²) >= 11 is 17.0. The average Bonchev–Trinajstić information content (AvgIpc) is 2.37. The van der Waals surface area contributed by atoms with Gasteiger partial charge >= 0.3 is 5.97 Å². The van der Waals surface area contributed by atoms with Gasteiger partial charge in [0.2, 0.25) is 0 Å². The molecule has 0 aliphatic carbocycles. The minimum atomic E-state index is -0.868. The van der Waals surface area contributed by atoms with Crippen LogP contribution in [0.1, 0.15) is 5.56 Å². The Hall–Kier alpha value is -0.680. The van der Waals surface area contributed by atoms with E-state index in [9.17, 15) is 4.79 Å². The molecular weight excluding hydrogens is 383 g/mol. The molecule has 2 nitrogen and oxygen atoms in total. The van der Waals surface area contributed by atoms with Gasteiger partial charge in [-0.05, 0) is 51.8 Å². The number of carboxylic acids is 1. The maximum absolute atomic E-state index is 10.8. The molecule has 0 saturated heterocycles. The zero-order valence-electron chi connectivity index (χ0n) is 10.1. The van der Waals surface area contributed by atoms with Crippen molar-refractivity contribution in [2.45, 2.75) is 16.2 Å². The molecule has 0 fully saturated rings. The maximum Gasteiger partial charge on any atom is 0.307 e. The highest BCUT2D eigenvalue weighted by molar-refractivity contribution is 9.10. The molecule has 0 spiro atoms. The van der Waals surface area contributed by atoms with Gasteiger partial charge in [0.25, 0.3) is 0 Å². The van der Waals surface area contributed by atoms with Crippen molar-refractivity contribution in [2.24, 2.45) is 0 Å². The first-order valence-corrected chi connectivity index (χ1v) is 7.95. The van der Waals surface area contributed by atoms with E-state index in [0.29, 0.717) is 15.6 Å². The van der Waals surface area contributed by atoms with Crippen molar-refractivity contribution in [3.05, 3.63) is 56.5 Å². The Morgan fingerprint density at radius 3 is 2.60 bits per heavy atom. The van der Waals surface area contributed by atoms with Crippen LogP contribution in [0.25, 0.3) is 0 Å². The van der Waals surface area contributed by atoms with Crippen molar-refractivity contribution < 1.29 is 9.90 Å². The first-order valence-electron chi connectivity index (χ1n) is 5.59. The predicted molar refractivity (Wildman–Crippen MR) is 86.1 cm³/mol. The second kappa shape index (κ2) is 6.85. The quantitative estimate of drug-likeness (QED) is 0.743. The summed E-state index contributed by atoms with van der Waals surface area (Å²) in [5.41, 5.74) is 0.711. The molecule has 104 valence electrons. The minimum Gasteiger partial charge on any atom is -0.481 e. The van der Waals surface area contributed by atoms with Crippen molar-refractivity contribution in [3.63, 3.8) is 0 Å². The summed E-state index contributed by atoms with van der Waals surface area (Å²) in [5.74, 6) is -0.868. The molecule has 0 unspecified atom stereocenters. The van der Waals surface area contributed by atoms with Crippen LogP contribution >= 0.6 is 50.9 Å². The van der Waals surface area contributed by atoms with E-state index in [2.05, 4.69) is 15.9 Å². The van der Waals surface area contributed by atoms with E-state index in [-0.39, 0.29) is 6.42 Å². The molecule has 0 radical (unpaired) electrons. The molecule has 6 heteroatoms. The van der Waals surface area contributed by atoms with Crippen LogP contribution in [0.3, 0.4) is 0 Å². The van der Waals surface area contributed by atoms with Crippen molar-refractivity contribution in [2.75, 3.05) is 0 Å². The lowest BCUT2D eigenvalue weighted by molar-refractivity contribution is -0.136. The fraction of sp³-hybridized carbons (Fsp3) is 0.0714. The Labute approximate surface area is 139 Å². The van der Waals surface area contributed by atoms with E-state index in [0.717, 1.165) is 14.3 Å². The summed E-state index contributed by atoms with van der Waals surface area (Å²) in [6, 6.07) is 10.7. The molecule has 2 rings (SSSR count). The molecular formula is C14H9BrCl2O2S. The lowest BCUT2D eigenvalue weighted by Crippen LogP contribution is -1.99. The van der Waals surface area contributed by atoms with E-state index in [1.54, 1.807) is 24.3 Å². The molecule has 0 aliphatic heterocycles. The molecule has 2 aromatic rings. The lowest BCUT2D eigenvalue weighted by atomic mass is 10.1. The van der Waals surface area contributed by atoms with Crippen molar-refractivity contribution in [3.8, 4) is 0 Å². The summed E-state index contributed by atoms with van der Waals surface area (Å²) in [6.07, 6.45) is -0.0263. The van der Waals surface area contributed by atoms with Crippen molar-refractivity contribution in [1.29, 1.82) is 0 Å². The fourth-order valence-corrected chi connectivity index (χ4v) is 3.51. The van der Waals surface area contributed by atoms with Gasteiger partial charge in [0.1, 0.15) is 0 Å². The van der Waals surface area contributed by atoms with Crippen LogP contribution in [0.4, 0.5) is 0 Å². The molecule has 0 saturated carbocycles. The largest absolute Gasteiger partial charge is 0.481 e.